The van der Waals surface area contributed by atoms with Crippen molar-refractivity contribution in [2.75, 3.05) is 6.54 Å². The van der Waals surface area contributed by atoms with E-state index in [1.165, 1.54) is 19.3 Å². The van der Waals surface area contributed by atoms with Gasteiger partial charge in [-0.25, -0.2) is 10.2 Å². The lowest BCUT2D eigenvalue weighted by Gasteiger charge is -2.41. The Morgan fingerprint density at radius 1 is 1.00 bits per heavy atom. The zero-order valence-electron chi connectivity index (χ0n) is 15.4. The number of unbranched alkanes of at least 4 members (excludes halogenated alkanes) is 4. The SMILES string of the molecule is O=C(O)CCCCCCC/C(=N\NC1NNCC2CCCCC21)C(=O)O. The van der Waals surface area contributed by atoms with Crippen LogP contribution in [0, 0.1) is 11.8 Å². The first kappa shape index (κ1) is 20.6. The molecule has 1 saturated carbocycles. The molecule has 2 rings (SSSR count). The zero-order chi connectivity index (χ0) is 18.8. The fourth-order valence-corrected chi connectivity index (χ4v) is 3.92. The summed E-state index contributed by atoms with van der Waals surface area (Å²) in [5.74, 6) is -0.635. The third-order valence-electron chi connectivity index (χ3n) is 5.41. The minimum Gasteiger partial charge on any atom is -0.481 e. The van der Waals surface area contributed by atoms with Crippen LogP contribution in [0.3, 0.4) is 0 Å². The molecule has 3 unspecified atom stereocenters. The van der Waals surface area contributed by atoms with E-state index in [-0.39, 0.29) is 18.3 Å². The van der Waals surface area contributed by atoms with Crippen molar-refractivity contribution in [3.05, 3.63) is 0 Å². The summed E-state index contributed by atoms with van der Waals surface area (Å²) in [6, 6.07) is 0. The average molecular weight is 368 g/mol. The number of nitrogens with one attached hydrogen (secondary N) is 3. The lowest BCUT2D eigenvalue weighted by molar-refractivity contribution is -0.137. The summed E-state index contributed by atoms with van der Waals surface area (Å²) in [6.07, 6.45) is 9.56. The van der Waals surface area contributed by atoms with Gasteiger partial charge in [-0.3, -0.25) is 15.6 Å². The molecule has 8 nitrogen and oxygen atoms in total. The van der Waals surface area contributed by atoms with Crippen LogP contribution in [0.4, 0.5) is 0 Å². The molecular formula is C18H32N4O4. The van der Waals surface area contributed by atoms with Gasteiger partial charge in [0.2, 0.25) is 0 Å². The molecule has 0 amide bonds. The molecular weight excluding hydrogens is 336 g/mol. The number of nitrogens with zero attached hydrogens (tertiary/aromatic N) is 1. The Labute approximate surface area is 154 Å². The summed E-state index contributed by atoms with van der Waals surface area (Å²) in [6.45, 7) is 0.959. The van der Waals surface area contributed by atoms with E-state index in [1.54, 1.807) is 0 Å². The number of hydrazine groups is 1. The molecule has 0 aromatic rings. The summed E-state index contributed by atoms with van der Waals surface area (Å²) < 4.78 is 0. The second kappa shape index (κ2) is 11.1. The first-order valence-electron chi connectivity index (χ1n) is 9.83. The van der Waals surface area contributed by atoms with Crippen LogP contribution in [0.1, 0.15) is 70.6 Å². The van der Waals surface area contributed by atoms with Gasteiger partial charge >= 0.3 is 11.9 Å². The summed E-state index contributed by atoms with van der Waals surface area (Å²) in [5.41, 5.74) is 9.61. The number of hydrogen-bond donors (Lipinski definition) is 5. The van der Waals surface area contributed by atoms with Gasteiger partial charge in [0.05, 0.1) is 0 Å². The number of fused-ring (bicyclic) bond motifs is 1. The van der Waals surface area contributed by atoms with Crippen LogP contribution in [0.2, 0.25) is 0 Å². The molecule has 1 heterocycles. The molecule has 1 aliphatic heterocycles. The second-order valence-electron chi connectivity index (χ2n) is 7.37. The van der Waals surface area contributed by atoms with Gasteiger partial charge in [0.15, 0.2) is 0 Å². The Balaban J connectivity index is 1.72. The number of carboxylic acids is 2. The van der Waals surface area contributed by atoms with E-state index < -0.39 is 11.9 Å². The lowest BCUT2D eigenvalue weighted by Crippen LogP contribution is -2.61. The molecule has 8 heteroatoms. The summed E-state index contributed by atoms with van der Waals surface area (Å²) in [4.78, 5) is 21.9. The topological polar surface area (TPSA) is 123 Å². The van der Waals surface area contributed by atoms with Crippen LogP contribution >= 0.6 is 0 Å². The van der Waals surface area contributed by atoms with Crippen molar-refractivity contribution in [1.82, 2.24) is 16.3 Å². The fraction of sp³-hybridized carbons (Fsp3) is 0.833. The maximum atomic E-state index is 11.4. The van der Waals surface area contributed by atoms with E-state index >= 15 is 0 Å². The van der Waals surface area contributed by atoms with Crippen molar-refractivity contribution in [2.24, 2.45) is 16.9 Å². The Hall–Kier alpha value is -1.67. The highest BCUT2D eigenvalue weighted by atomic mass is 16.4. The summed E-state index contributed by atoms with van der Waals surface area (Å²) >= 11 is 0. The Morgan fingerprint density at radius 2 is 1.69 bits per heavy atom. The lowest BCUT2D eigenvalue weighted by atomic mass is 9.77. The molecule has 148 valence electrons. The van der Waals surface area contributed by atoms with E-state index in [2.05, 4.69) is 21.4 Å². The molecule has 0 radical (unpaired) electrons. The van der Waals surface area contributed by atoms with E-state index in [9.17, 15) is 14.7 Å². The molecule has 3 atom stereocenters. The first-order chi connectivity index (χ1) is 12.6. The average Bonchev–Trinajstić information content (AvgIpc) is 2.62. The maximum Gasteiger partial charge on any atom is 0.352 e. The van der Waals surface area contributed by atoms with Gasteiger partial charge in [0.1, 0.15) is 11.9 Å². The quantitative estimate of drug-likeness (QED) is 0.215. The van der Waals surface area contributed by atoms with Crippen LogP contribution in [0.5, 0.6) is 0 Å². The maximum absolute atomic E-state index is 11.4. The molecule has 0 aromatic heterocycles. The number of rotatable bonds is 11. The Bertz CT molecular complexity index is 496. The van der Waals surface area contributed by atoms with Crippen LogP contribution in [-0.4, -0.2) is 40.6 Å². The largest absolute Gasteiger partial charge is 0.481 e. The monoisotopic (exact) mass is 368 g/mol. The highest BCUT2D eigenvalue weighted by Gasteiger charge is 2.34. The molecule has 2 fully saturated rings. The van der Waals surface area contributed by atoms with E-state index in [0.717, 1.165) is 38.6 Å². The summed E-state index contributed by atoms with van der Waals surface area (Å²) in [5, 5.41) is 22.1. The van der Waals surface area contributed by atoms with Crippen molar-refractivity contribution in [1.29, 1.82) is 0 Å². The molecule has 26 heavy (non-hydrogen) atoms. The number of aliphatic carboxylic acids is 2. The molecule has 0 aromatic carbocycles. The third-order valence-corrected chi connectivity index (χ3v) is 5.41. The van der Waals surface area contributed by atoms with Gasteiger partial charge in [-0.05, 0) is 43.9 Å². The summed E-state index contributed by atoms with van der Waals surface area (Å²) in [7, 11) is 0. The first-order valence-corrected chi connectivity index (χ1v) is 9.83. The minimum atomic E-state index is -0.979. The van der Waals surface area contributed by atoms with Gasteiger partial charge in [0.25, 0.3) is 0 Å². The highest BCUT2D eigenvalue weighted by Crippen LogP contribution is 2.32. The van der Waals surface area contributed by atoms with E-state index in [0.29, 0.717) is 24.7 Å². The number of hydrogen-bond acceptors (Lipinski definition) is 6. The van der Waals surface area contributed by atoms with Crippen molar-refractivity contribution in [2.45, 2.75) is 76.8 Å². The van der Waals surface area contributed by atoms with Crippen molar-refractivity contribution >= 4 is 17.7 Å². The molecule has 1 saturated heterocycles. The van der Waals surface area contributed by atoms with Crippen LogP contribution in [0.25, 0.3) is 0 Å². The van der Waals surface area contributed by atoms with Gasteiger partial charge in [-0.2, -0.15) is 5.10 Å². The van der Waals surface area contributed by atoms with Crippen LogP contribution < -0.4 is 16.3 Å². The number of carbonyl (C=O) groups is 2. The standard InChI is InChI=1S/C18H32N4O4/c23-16(24)11-5-3-1-2-4-10-15(18(25)26)20-22-17-14-9-7-6-8-13(14)12-19-21-17/h13-14,17,19,21-22H,1-12H2,(H,23,24)(H,25,26)/b20-15+. The molecule has 0 bridgehead atoms. The van der Waals surface area contributed by atoms with Crippen LogP contribution in [0.15, 0.2) is 5.10 Å². The normalized spacial score (nSPS) is 26.2. The molecule has 0 spiro atoms. The van der Waals surface area contributed by atoms with Crippen LogP contribution in [-0.2, 0) is 9.59 Å². The van der Waals surface area contributed by atoms with Crippen molar-refractivity contribution in [3.8, 4) is 0 Å². The van der Waals surface area contributed by atoms with E-state index in [4.69, 9.17) is 5.11 Å². The third kappa shape index (κ3) is 6.92. The second-order valence-corrected chi connectivity index (χ2v) is 7.37. The van der Waals surface area contributed by atoms with Crippen molar-refractivity contribution < 1.29 is 19.8 Å². The fourth-order valence-electron chi connectivity index (χ4n) is 3.92. The minimum absolute atomic E-state index is 0.0283. The Kier molecular flexibility index (Phi) is 8.84. The van der Waals surface area contributed by atoms with Gasteiger partial charge < -0.3 is 10.2 Å². The smallest absolute Gasteiger partial charge is 0.352 e. The van der Waals surface area contributed by atoms with E-state index in [1.807, 2.05) is 0 Å². The number of carboxylic acid groups (broad SMARTS) is 2. The van der Waals surface area contributed by atoms with Crippen molar-refractivity contribution in [3.63, 3.8) is 0 Å². The Morgan fingerprint density at radius 3 is 2.42 bits per heavy atom. The zero-order valence-corrected chi connectivity index (χ0v) is 15.4. The molecule has 1 aliphatic carbocycles. The highest BCUT2D eigenvalue weighted by molar-refractivity contribution is 6.35. The molecule has 5 N–H and O–H groups in total. The molecule has 2 aliphatic rings. The van der Waals surface area contributed by atoms with Gasteiger partial charge in [-0.1, -0.05) is 32.1 Å². The van der Waals surface area contributed by atoms with Gasteiger partial charge in [0, 0.05) is 13.0 Å². The number of hydrazone groups is 1. The predicted molar refractivity (Wildman–Crippen MR) is 98.5 cm³/mol. The van der Waals surface area contributed by atoms with Gasteiger partial charge in [-0.15, -0.1) is 0 Å². The predicted octanol–water partition coefficient (Wildman–Crippen LogP) is 2.07.